The number of aryl methyl sites for hydroxylation is 1. The van der Waals surface area contributed by atoms with Crippen molar-refractivity contribution in [2.24, 2.45) is 0 Å². The van der Waals surface area contributed by atoms with Gasteiger partial charge in [-0.15, -0.1) is 0 Å². The summed E-state index contributed by atoms with van der Waals surface area (Å²) in [5, 5.41) is 0.382. The number of hydrogen-bond donors (Lipinski definition) is 1. The van der Waals surface area contributed by atoms with Gasteiger partial charge in [-0.2, -0.15) is 4.98 Å². The summed E-state index contributed by atoms with van der Waals surface area (Å²) >= 11 is 12.1. The summed E-state index contributed by atoms with van der Waals surface area (Å²) in [6.45, 7) is 3.50. The van der Waals surface area contributed by atoms with Gasteiger partial charge < -0.3 is 15.4 Å². The Morgan fingerprint density at radius 2 is 2.04 bits per heavy atom. The molecule has 0 radical (unpaired) electrons. The number of nitrogens with two attached hydrogens (primary N) is 1. The molecule has 3 rings (SSSR count). The number of ether oxygens (including phenoxy) is 1. The Labute approximate surface area is 149 Å². The normalized spacial score (nSPS) is 18.5. The molecular formula is C16H17Cl2FN4O. The maximum atomic E-state index is 14.0. The largest absolute Gasteiger partial charge is 0.379 e. The molecule has 0 saturated carbocycles. The minimum Gasteiger partial charge on any atom is -0.379 e. The summed E-state index contributed by atoms with van der Waals surface area (Å²) in [7, 11) is 0. The van der Waals surface area contributed by atoms with Crippen molar-refractivity contribution in [2.45, 2.75) is 19.4 Å². The molecule has 1 saturated heterocycles. The van der Waals surface area contributed by atoms with Gasteiger partial charge in [-0.3, -0.25) is 0 Å². The molecule has 1 aromatic heterocycles. The fraction of sp³-hybridized carbons (Fsp3) is 0.375. The molecule has 0 bridgehead atoms. The molecule has 1 aromatic carbocycles. The third kappa shape index (κ3) is 3.55. The molecule has 128 valence electrons. The van der Waals surface area contributed by atoms with Crippen molar-refractivity contribution in [3.63, 3.8) is 0 Å². The Balaban J connectivity index is 2.06. The van der Waals surface area contributed by atoms with Crippen molar-refractivity contribution in [2.75, 3.05) is 30.4 Å². The van der Waals surface area contributed by atoms with Crippen LogP contribution in [-0.2, 0) is 4.74 Å². The molecule has 2 heterocycles. The molecule has 1 unspecified atom stereocenters. The van der Waals surface area contributed by atoms with Gasteiger partial charge in [0, 0.05) is 29.9 Å². The van der Waals surface area contributed by atoms with E-state index < -0.39 is 5.82 Å². The quantitative estimate of drug-likeness (QED) is 0.814. The molecule has 5 nitrogen and oxygen atoms in total. The Morgan fingerprint density at radius 3 is 2.79 bits per heavy atom. The van der Waals surface area contributed by atoms with Crippen molar-refractivity contribution in [1.29, 1.82) is 0 Å². The van der Waals surface area contributed by atoms with Gasteiger partial charge in [-0.25, -0.2) is 9.37 Å². The van der Waals surface area contributed by atoms with Crippen molar-refractivity contribution < 1.29 is 9.13 Å². The monoisotopic (exact) mass is 370 g/mol. The van der Waals surface area contributed by atoms with Crippen LogP contribution in [0.25, 0.3) is 0 Å². The third-order valence-electron chi connectivity index (χ3n) is 3.89. The number of rotatable bonds is 2. The second-order valence-corrected chi connectivity index (χ2v) is 6.47. The second-order valence-electron chi connectivity index (χ2n) is 5.65. The molecule has 8 heteroatoms. The number of benzene rings is 1. The predicted molar refractivity (Wildman–Crippen MR) is 93.1 cm³/mol. The van der Waals surface area contributed by atoms with E-state index in [-0.39, 0.29) is 17.0 Å². The van der Waals surface area contributed by atoms with E-state index in [9.17, 15) is 4.39 Å². The zero-order chi connectivity index (χ0) is 17.3. The highest BCUT2D eigenvalue weighted by atomic mass is 35.5. The van der Waals surface area contributed by atoms with Crippen molar-refractivity contribution in [1.82, 2.24) is 9.97 Å². The molecular weight excluding hydrogens is 354 g/mol. The molecule has 1 atom stereocenters. The lowest BCUT2D eigenvalue weighted by molar-refractivity contribution is 0.134. The summed E-state index contributed by atoms with van der Waals surface area (Å²) < 4.78 is 19.6. The highest BCUT2D eigenvalue weighted by Gasteiger charge is 2.27. The Kier molecular flexibility index (Phi) is 5.08. The Hall–Kier alpha value is -1.63. The summed E-state index contributed by atoms with van der Waals surface area (Å²) in [4.78, 5) is 10.4. The van der Waals surface area contributed by atoms with E-state index in [2.05, 4.69) is 9.97 Å². The second kappa shape index (κ2) is 7.09. The van der Waals surface area contributed by atoms with Crippen LogP contribution in [-0.4, -0.2) is 29.7 Å². The first-order valence-corrected chi connectivity index (χ1v) is 8.31. The molecule has 1 fully saturated rings. The molecule has 1 aliphatic heterocycles. The van der Waals surface area contributed by atoms with E-state index >= 15 is 0 Å². The minimum absolute atomic E-state index is 0.00744. The van der Waals surface area contributed by atoms with Crippen molar-refractivity contribution in [3.8, 4) is 0 Å². The van der Waals surface area contributed by atoms with Crippen LogP contribution in [0.15, 0.2) is 18.2 Å². The van der Waals surface area contributed by atoms with Gasteiger partial charge in [0.05, 0.1) is 17.7 Å². The first kappa shape index (κ1) is 17.2. The molecule has 2 N–H and O–H groups in total. The highest BCUT2D eigenvalue weighted by molar-refractivity contribution is 6.35. The first-order chi connectivity index (χ1) is 11.5. The van der Waals surface area contributed by atoms with Gasteiger partial charge in [0.15, 0.2) is 0 Å². The number of nitrogen functional groups attached to an aromatic ring is 1. The molecule has 1 aliphatic rings. The standard InChI is InChI=1S/C16H17Cl2FN4O/c1-9-5-15(22-16(20)21-9)23-3-2-4-24-8-14(23)10-6-13(19)12(18)7-11(10)17/h5-7,14H,2-4,8H2,1H3,(H2,20,21,22). The molecule has 2 aromatic rings. The number of anilines is 2. The zero-order valence-electron chi connectivity index (χ0n) is 13.1. The predicted octanol–water partition coefficient (Wildman–Crippen LogP) is 3.78. The maximum absolute atomic E-state index is 14.0. The van der Waals surface area contributed by atoms with Crippen LogP contribution in [0, 0.1) is 12.7 Å². The minimum atomic E-state index is -0.515. The van der Waals surface area contributed by atoms with Gasteiger partial charge in [-0.05, 0) is 31.0 Å². The number of aromatic nitrogens is 2. The Bertz CT molecular complexity index is 739. The van der Waals surface area contributed by atoms with Crippen LogP contribution in [0.2, 0.25) is 10.0 Å². The number of nitrogens with zero attached hydrogens (tertiary/aromatic N) is 3. The summed E-state index contributed by atoms with van der Waals surface area (Å²) in [5.74, 6) is 0.350. The van der Waals surface area contributed by atoms with Gasteiger partial charge in [0.25, 0.3) is 0 Å². The average Bonchev–Trinajstić information content (AvgIpc) is 2.75. The van der Waals surface area contributed by atoms with Crippen LogP contribution in [0.3, 0.4) is 0 Å². The lowest BCUT2D eigenvalue weighted by atomic mass is 10.1. The zero-order valence-corrected chi connectivity index (χ0v) is 14.6. The smallest absolute Gasteiger partial charge is 0.222 e. The van der Waals surface area contributed by atoms with E-state index in [0.29, 0.717) is 36.2 Å². The molecule has 0 amide bonds. The molecule has 0 spiro atoms. The van der Waals surface area contributed by atoms with E-state index in [1.807, 2.05) is 17.9 Å². The van der Waals surface area contributed by atoms with Gasteiger partial charge >= 0.3 is 0 Å². The summed E-state index contributed by atoms with van der Waals surface area (Å²) in [6, 6.07) is 4.32. The topological polar surface area (TPSA) is 64.3 Å². The average molecular weight is 371 g/mol. The van der Waals surface area contributed by atoms with Crippen LogP contribution < -0.4 is 10.6 Å². The molecule has 0 aliphatic carbocycles. The Morgan fingerprint density at radius 1 is 1.25 bits per heavy atom. The maximum Gasteiger partial charge on any atom is 0.222 e. The van der Waals surface area contributed by atoms with Crippen molar-refractivity contribution in [3.05, 3.63) is 45.3 Å². The van der Waals surface area contributed by atoms with Gasteiger partial charge in [-0.1, -0.05) is 23.2 Å². The van der Waals surface area contributed by atoms with E-state index in [1.165, 1.54) is 12.1 Å². The number of halogens is 3. The van der Waals surface area contributed by atoms with E-state index in [4.69, 9.17) is 33.7 Å². The fourth-order valence-electron chi connectivity index (χ4n) is 2.82. The molecule has 24 heavy (non-hydrogen) atoms. The summed E-state index contributed by atoms with van der Waals surface area (Å²) in [6.07, 6.45) is 0.813. The van der Waals surface area contributed by atoms with E-state index in [0.717, 1.165) is 12.1 Å². The highest BCUT2D eigenvalue weighted by Crippen LogP contribution is 2.35. The third-order valence-corrected chi connectivity index (χ3v) is 4.51. The van der Waals surface area contributed by atoms with Gasteiger partial charge in [0.1, 0.15) is 11.6 Å². The van der Waals surface area contributed by atoms with Crippen LogP contribution in [0.1, 0.15) is 23.7 Å². The van der Waals surface area contributed by atoms with Crippen LogP contribution in [0.4, 0.5) is 16.2 Å². The van der Waals surface area contributed by atoms with Crippen LogP contribution in [0.5, 0.6) is 0 Å². The van der Waals surface area contributed by atoms with E-state index in [1.54, 1.807) is 0 Å². The SMILES string of the molecule is Cc1cc(N2CCCOCC2c2cc(F)c(Cl)cc2Cl)nc(N)n1. The van der Waals surface area contributed by atoms with Crippen molar-refractivity contribution >= 4 is 35.0 Å². The summed E-state index contributed by atoms with van der Waals surface area (Å²) in [5.41, 5.74) is 7.15. The first-order valence-electron chi connectivity index (χ1n) is 7.55. The van der Waals surface area contributed by atoms with Crippen LogP contribution >= 0.6 is 23.2 Å². The fourth-order valence-corrected chi connectivity index (χ4v) is 3.33. The number of hydrogen-bond acceptors (Lipinski definition) is 5. The lowest BCUT2D eigenvalue weighted by Gasteiger charge is -2.31. The van der Waals surface area contributed by atoms with Gasteiger partial charge in [0.2, 0.25) is 5.95 Å². The lowest BCUT2D eigenvalue weighted by Crippen LogP contribution is -2.32.